The summed E-state index contributed by atoms with van der Waals surface area (Å²) in [6, 6.07) is 11.2. The number of esters is 1. The Balaban J connectivity index is 1.57. The maximum absolute atomic E-state index is 12.4. The molecule has 1 aliphatic rings. The molecule has 1 aliphatic heterocycles. The normalized spacial score (nSPS) is 15.5. The van der Waals surface area contributed by atoms with Crippen LogP contribution in [0.25, 0.3) is 0 Å². The van der Waals surface area contributed by atoms with Crippen molar-refractivity contribution < 1.29 is 28.8 Å². The number of nitro groups is 1. The lowest BCUT2D eigenvalue weighted by Gasteiger charge is -2.16. The summed E-state index contributed by atoms with van der Waals surface area (Å²) in [6.45, 7) is 1.12. The Morgan fingerprint density at radius 3 is 2.74 bits per heavy atom. The van der Waals surface area contributed by atoms with E-state index in [1.165, 1.54) is 18.1 Å². The Labute approximate surface area is 177 Å². The summed E-state index contributed by atoms with van der Waals surface area (Å²) >= 11 is 0. The number of carbonyl (C=O) groups is 3. The zero-order valence-electron chi connectivity index (χ0n) is 17.0. The van der Waals surface area contributed by atoms with Gasteiger partial charge in [-0.2, -0.15) is 0 Å². The van der Waals surface area contributed by atoms with Crippen LogP contribution in [0.1, 0.15) is 12.0 Å². The van der Waals surface area contributed by atoms with Crippen molar-refractivity contribution in [3.05, 3.63) is 58.1 Å². The van der Waals surface area contributed by atoms with E-state index in [0.717, 1.165) is 0 Å². The van der Waals surface area contributed by atoms with Crippen LogP contribution in [-0.2, 0) is 19.1 Å². The second kappa shape index (κ2) is 9.24. The number of rotatable bonds is 7. The van der Waals surface area contributed by atoms with Crippen molar-refractivity contribution >= 4 is 34.8 Å². The first kappa shape index (κ1) is 21.8. The molecule has 0 saturated carbocycles. The minimum Gasteiger partial charge on any atom is -0.497 e. The zero-order valence-corrected chi connectivity index (χ0v) is 17.0. The molecule has 1 fully saturated rings. The molecule has 0 aromatic heterocycles. The van der Waals surface area contributed by atoms with Crippen molar-refractivity contribution in [2.75, 3.05) is 30.5 Å². The third kappa shape index (κ3) is 5.16. The Bertz CT molecular complexity index is 1040. The van der Waals surface area contributed by atoms with Gasteiger partial charge in [-0.1, -0.05) is 12.1 Å². The van der Waals surface area contributed by atoms with E-state index in [1.54, 1.807) is 43.3 Å². The second-order valence-corrected chi connectivity index (χ2v) is 7.02. The number of hydrogen-bond acceptors (Lipinski definition) is 7. The van der Waals surface area contributed by atoms with Crippen LogP contribution in [0, 0.1) is 23.0 Å². The van der Waals surface area contributed by atoms with E-state index >= 15 is 0 Å². The van der Waals surface area contributed by atoms with Crippen molar-refractivity contribution in [2.45, 2.75) is 13.3 Å². The SMILES string of the molecule is COc1cccc(NC(=O)COC(=O)[C@H]2CC(=O)N(c3ccc(C)c([N+](=O)[O-])c3)C2)c1. The van der Waals surface area contributed by atoms with Crippen molar-refractivity contribution in [3.63, 3.8) is 0 Å². The van der Waals surface area contributed by atoms with Crippen molar-refractivity contribution in [3.8, 4) is 5.75 Å². The molecule has 1 atom stereocenters. The molecule has 1 saturated heterocycles. The highest BCUT2D eigenvalue weighted by Crippen LogP contribution is 2.30. The van der Waals surface area contributed by atoms with E-state index in [0.29, 0.717) is 22.7 Å². The molecule has 31 heavy (non-hydrogen) atoms. The number of nitrogens with zero attached hydrogens (tertiary/aromatic N) is 2. The summed E-state index contributed by atoms with van der Waals surface area (Å²) in [6.07, 6.45) is -0.0992. The lowest BCUT2D eigenvalue weighted by molar-refractivity contribution is -0.385. The number of hydrogen-bond donors (Lipinski definition) is 1. The number of aryl methyl sites for hydroxylation is 1. The molecule has 0 aliphatic carbocycles. The average molecular weight is 427 g/mol. The lowest BCUT2D eigenvalue weighted by Crippen LogP contribution is -2.28. The molecule has 1 heterocycles. The predicted molar refractivity (Wildman–Crippen MR) is 111 cm³/mol. The Hall–Kier alpha value is -3.95. The standard InChI is InChI=1S/C21H21N3O7/c1-13-6-7-16(10-18(13)24(28)29)23-11-14(8-20(23)26)21(27)31-12-19(25)22-15-4-3-5-17(9-15)30-2/h3-7,9-10,14H,8,11-12H2,1-2H3,(H,22,25)/t14-/m0/s1. The van der Waals surface area contributed by atoms with Gasteiger partial charge in [-0.15, -0.1) is 0 Å². The first-order valence-electron chi connectivity index (χ1n) is 9.44. The first-order chi connectivity index (χ1) is 14.8. The minimum absolute atomic E-state index is 0.0232. The fourth-order valence-corrected chi connectivity index (χ4v) is 3.23. The van der Waals surface area contributed by atoms with Gasteiger partial charge in [0, 0.05) is 36.3 Å². The van der Waals surface area contributed by atoms with Crippen molar-refractivity contribution in [1.82, 2.24) is 0 Å². The number of amides is 2. The van der Waals surface area contributed by atoms with Crippen LogP contribution in [0.3, 0.4) is 0 Å². The fraction of sp³-hybridized carbons (Fsp3) is 0.286. The molecule has 162 valence electrons. The third-order valence-corrected chi connectivity index (χ3v) is 4.86. The molecular weight excluding hydrogens is 406 g/mol. The van der Waals surface area contributed by atoms with E-state index < -0.39 is 29.3 Å². The Morgan fingerprint density at radius 1 is 1.26 bits per heavy atom. The van der Waals surface area contributed by atoms with Crippen molar-refractivity contribution in [1.29, 1.82) is 0 Å². The summed E-state index contributed by atoms with van der Waals surface area (Å²) < 4.78 is 10.1. The van der Waals surface area contributed by atoms with Gasteiger partial charge >= 0.3 is 5.97 Å². The summed E-state index contributed by atoms with van der Waals surface area (Å²) in [7, 11) is 1.50. The van der Waals surface area contributed by atoms with Gasteiger partial charge in [0.15, 0.2) is 6.61 Å². The minimum atomic E-state index is -0.766. The highest BCUT2D eigenvalue weighted by atomic mass is 16.6. The molecule has 0 spiro atoms. The number of benzene rings is 2. The Morgan fingerprint density at radius 2 is 2.03 bits per heavy atom. The van der Waals surface area contributed by atoms with E-state index in [1.807, 2.05) is 0 Å². The summed E-state index contributed by atoms with van der Waals surface area (Å²) in [5, 5.41) is 13.7. The number of carbonyl (C=O) groups excluding carboxylic acids is 3. The molecule has 0 unspecified atom stereocenters. The summed E-state index contributed by atoms with van der Waals surface area (Å²) in [5.41, 5.74) is 1.20. The number of methoxy groups -OCH3 is 1. The predicted octanol–water partition coefficient (Wildman–Crippen LogP) is 2.45. The lowest BCUT2D eigenvalue weighted by atomic mass is 10.1. The molecule has 10 nitrogen and oxygen atoms in total. The number of nitrogens with one attached hydrogen (secondary N) is 1. The first-order valence-corrected chi connectivity index (χ1v) is 9.44. The number of nitro benzene ring substituents is 1. The molecule has 3 rings (SSSR count). The largest absolute Gasteiger partial charge is 0.497 e. The highest BCUT2D eigenvalue weighted by Gasteiger charge is 2.37. The maximum Gasteiger partial charge on any atom is 0.311 e. The van der Waals surface area contributed by atoms with Crippen LogP contribution in [-0.4, -0.2) is 43.0 Å². The molecular formula is C21H21N3O7. The van der Waals surface area contributed by atoms with E-state index in [2.05, 4.69) is 5.32 Å². The van der Waals surface area contributed by atoms with Crippen LogP contribution in [0.15, 0.2) is 42.5 Å². The molecule has 2 aromatic rings. The van der Waals surface area contributed by atoms with E-state index in [9.17, 15) is 24.5 Å². The van der Waals surface area contributed by atoms with Gasteiger partial charge in [0.05, 0.1) is 23.6 Å². The smallest absolute Gasteiger partial charge is 0.311 e. The quantitative estimate of drug-likeness (QED) is 0.408. The summed E-state index contributed by atoms with van der Waals surface area (Å²) in [5.74, 6) is -1.76. The monoisotopic (exact) mass is 427 g/mol. The van der Waals surface area contributed by atoms with Gasteiger partial charge in [0.1, 0.15) is 5.75 Å². The average Bonchev–Trinajstić information content (AvgIpc) is 3.14. The van der Waals surface area contributed by atoms with Crippen LogP contribution in [0.2, 0.25) is 0 Å². The summed E-state index contributed by atoms with van der Waals surface area (Å²) in [4.78, 5) is 48.7. The van der Waals surface area contributed by atoms with Crippen LogP contribution < -0.4 is 15.0 Å². The third-order valence-electron chi connectivity index (χ3n) is 4.86. The van der Waals surface area contributed by atoms with Gasteiger partial charge in [-0.3, -0.25) is 24.5 Å². The molecule has 10 heteroatoms. The maximum atomic E-state index is 12.4. The molecule has 0 radical (unpaired) electrons. The van der Waals surface area contributed by atoms with Crippen LogP contribution >= 0.6 is 0 Å². The topological polar surface area (TPSA) is 128 Å². The molecule has 2 aromatic carbocycles. The molecule has 2 amide bonds. The Kier molecular flexibility index (Phi) is 6.49. The second-order valence-electron chi connectivity index (χ2n) is 7.02. The van der Waals surface area contributed by atoms with Gasteiger partial charge in [-0.05, 0) is 25.1 Å². The van der Waals surface area contributed by atoms with Gasteiger partial charge in [0.2, 0.25) is 5.91 Å². The van der Waals surface area contributed by atoms with E-state index in [4.69, 9.17) is 9.47 Å². The molecule has 1 N–H and O–H groups in total. The van der Waals surface area contributed by atoms with E-state index in [-0.39, 0.29) is 24.6 Å². The van der Waals surface area contributed by atoms with Gasteiger partial charge < -0.3 is 19.7 Å². The zero-order chi connectivity index (χ0) is 22.5. The van der Waals surface area contributed by atoms with Crippen LogP contribution in [0.4, 0.5) is 17.1 Å². The van der Waals surface area contributed by atoms with Gasteiger partial charge in [0.25, 0.3) is 11.6 Å². The molecule has 0 bridgehead atoms. The number of anilines is 2. The van der Waals surface area contributed by atoms with Crippen molar-refractivity contribution in [2.24, 2.45) is 5.92 Å². The number of ether oxygens (including phenoxy) is 2. The van der Waals surface area contributed by atoms with Crippen LogP contribution in [0.5, 0.6) is 5.75 Å². The fourth-order valence-electron chi connectivity index (χ4n) is 3.23. The van der Waals surface area contributed by atoms with Gasteiger partial charge in [-0.25, -0.2) is 0 Å². The highest BCUT2D eigenvalue weighted by molar-refractivity contribution is 6.00.